The maximum Gasteiger partial charge on any atom is 0.349 e. The van der Waals surface area contributed by atoms with Crippen LogP contribution in [0, 0.1) is 0 Å². The summed E-state index contributed by atoms with van der Waals surface area (Å²) in [6.45, 7) is 3.63. The van der Waals surface area contributed by atoms with Crippen LogP contribution >= 0.6 is 0 Å². The van der Waals surface area contributed by atoms with E-state index in [-0.39, 0.29) is 12.0 Å². The number of fused-ring (bicyclic) bond motifs is 2. The van der Waals surface area contributed by atoms with Crippen molar-refractivity contribution in [1.29, 1.82) is 0 Å². The molecule has 3 N–H and O–H groups in total. The summed E-state index contributed by atoms with van der Waals surface area (Å²) in [5.74, 6) is -2.60. The summed E-state index contributed by atoms with van der Waals surface area (Å²) >= 11 is 0. The van der Waals surface area contributed by atoms with E-state index in [1.54, 1.807) is 25.1 Å². The average molecular weight is 655 g/mol. The minimum atomic E-state index is -1.57. The normalized spacial score (nSPS) is 11.3. The molecule has 0 bridgehead atoms. The van der Waals surface area contributed by atoms with Gasteiger partial charge in [-0.05, 0) is 54.8 Å². The molecule has 11 heteroatoms. The predicted octanol–water partition coefficient (Wildman–Crippen LogP) is 6.74. The topological polar surface area (TPSA) is 160 Å². The van der Waals surface area contributed by atoms with Crippen molar-refractivity contribution in [3.63, 3.8) is 0 Å². The number of aromatic carboxylic acids is 1. The van der Waals surface area contributed by atoms with Gasteiger partial charge in [-0.3, -0.25) is 9.59 Å². The van der Waals surface area contributed by atoms with Gasteiger partial charge in [0.15, 0.2) is 16.9 Å². The zero-order chi connectivity index (χ0) is 34.4. The number of aryl methyl sites for hydroxylation is 2. The first-order chi connectivity index (χ1) is 23.7. The fourth-order valence-corrected chi connectivity index (χ4v) is 6.23. The van der Waals surface area contributed by atoms with Crippen LogP contribution in [0.25, 0.3) is 56.0 Å². The molecule has 244 valence electrons. The molecule has 49 heavy (non-hydrogen) atoms. The van der Waals surface area contributed by atoms with Crippen LogP contribution in [-0.4, -0.2) is 36.6 Å². The molecule has 0 atom stereocenters. The molecule has 11 nitrogen and oxygen atoms in total. The third-order valence-corrected chi connectivity index (χ3v) is 8.62. The van der Waals surface area contributed by atoms with Gasteiger partial charge in [0, 0.05) is 46.4 Å². The van der Waals surface area contributed by atoms with Crippen LogP contribution < -0.4 is 15.9 Å². The minimum Gasteiger partial charge on any atom is -0.477 e. The van der Waals surface area contributed by atoms with E-state index >= 15 is 0 Å². The Hall–Kier alpha value is -6.49. The Labute approximate surface area is 278 Å². The van der Waals surface area contributed by atoms with Crippen LogP contribution in [0.1, 0.15) is 45.7 Å². The number of aromatic amines is 2. The lowest BCUT2D eigenvalue weighted by Gasteiger charge is -2.16. The zero-order valence-electron chi connectivity index (χ0n) is 26.8. The summed E-state index contributed by atoms with van der Waals surface area (Å²) in [6, 6.07) is 23.8. The molecule has 0 saturated carbocycles. The fourth-order valence-electron chi connectivity index (χ4n) is 6.23. The molecule has 4 aromatic heterocycles. The quantitative estimate of drug-likeness (QED) is 0.152. The number of hydrogen-bond acceptors (Lipinski definition) is 7. The van der Waals surface area contributed by atoms with Crippen molar-refractivity contribution >= 4 is 33.9 Å². The van der Waals surface area contributed by atoms with Gasteiger partial charge in [0.2, 0.25) is 5.89 Å². The SMILES string of the molecule is CCc1cc(C(=O)Oc2c(CC)c(-c3cn(C)c4ccccc34)[nH]c(=O)c2C(=O)O)c(=O)[nH]c1-c1ccc2nc(-c3ccccc3)oc2c1. The highest BCUT2D eigenvalue weighted by Gasteiger charge is 2.28. The third kappa shape index (κ3) is 5.40. The summed E-state index contributed by atoms with van der Waals surface area (Å²) in [7, 11) is 1.86. The molecule has 0 aliphatic heterocycles. The number of H-pyrrole nitrogens is 2. The van der Waals surface area contributed by atoms with Gasteiger partial charge in [-0.2, -0.15) is 0 Å². The minimum absolute atomic E-state index is 0.212. The van der Waals surface area contributed by atoms with Crippen molar-refractivity contribution < 1.29 is 23.8 Å². The molecule has 0 radical (unpaired) electrons. The Bertz CT molecular complexity index is 2560. The second kappa shape index (κ2) is 12.3. The number of rotatable bonds is 8. The van der Waals surface area contributed by atoms with Gasteiger partial charge in [-0.1, -0.05) is 56.3 Å². The molecule has 7 aromatic rings. The van der Waals surface area contributed by atoms with E-state index in [9.17, 15) is 24.3 Å². The summed E-state index contributed by atoms with van der Waals surface area (Å²) in [6.07, 6.45) is 2.47. The van der Waals surface area contributed by atoms with E-state index in [2.05, 4.69) is 15.0 Å². The molecule has 0 unspecified atom stereocenters. The van der Waals surface area contributed by atoms with Crippen LogP contribution in [0.15, 0.2) is 99.1 Å². The molecule has 7 rings (SSSR count). The zero-order valence-corrected chi connectivity index (χ0v) is 26.8. The lowest BCUT2D eigenvalue weighted by atomic mass is 9.99. The fraction of sp³-hybridized carbons (Fsp3) is 0.132. The first-order valence-electron chi connectivity index (χ1n) is 15.7. The highest BCUT2D eigenvalue weighted by atomic mass is 16.5. The van der Waals surface area contributed by atoms with Crippen molar-refractivity contribution in [2.24, 2.45) is 7.05 Å². The van der Waals surface area contributed by atoms with Gasteiger partial charge in [-0.15, -0.1) is 0 Å². The molecule has 0 saturated heterocycles. The number of aromatic nitrogens is 4. The van der Waals surface area contributed by atoms with E-state index in [0.29, 0.717) is 57.1 Å². The van der Waals surface area contributed by atoms with E-state index in [0.717, 1.165) is 16.5 Å². The van der Waals surface area contributed by atoms with E-state index < -0.39 is 34.4 Å². The Balaban J connectivity index is 1.29. The first kappa shape index (κ1) is 31.1. The third-order valence-electron chi connectivity index (χ3n) is 8.62. The molecule has 0 fully saturated rings. The van der Waals surface area contributed by atoms with Gasteiger partial charge in [0.25, 0.3) is 11.1 Å². The molecular weight excluding hydrogens is 624 g/mol. The molecule has 0 amide bonds. The molecule has 0 aliphatic rings. The highest BCUT2D eigenvalue weighted by Crippen LogP contribution is 2.36. The van der Waals surface area contributed by atoms with Crippen molar-refractivity contribution in [2.75, 3.05) is 0 Å². The van der Waals surface area contributed by atoms with E-state index in [4.69, 9.17) is 9.15 Å². The van der Waals surface area contributed by atoms with Crippen LogP contribution in [0.3, 0.4) is 0 Å². The molecule has 3 aromatic carbocycles. The van der Waals surface area contributed by atoms with Gasteiger partial charge < -0.3 is 28.8 Å². The summed E-state index contributed by atoms with van der Waals surface area (Å²) in [4.78, 5) is 62.8. The highest BCUT2D eigenvalue weighted by molar-refractivity contribution is 6.00. The lowest BCUT2D eigenvalue weighted by molar-refractivity contribution is 0.0678. The number of carbonyl (C=O) groups excluding carboxylic acids is 1. The maximum absolute atomic E-state index is 13.7. The van der Waals surface area contributed by atoms with Gasteiger partial charge in [0.1, 0.15) is 11.1 Å². The van der Waals surface area contributed by atoms with E-state index in [1.165, 1.54) is 6.07 Å². The van der Waals surface area contributed by atoms with Crippen LogP contribution in [0.2, 0.25) is 0 Å². The van der Waals surface area contributed by atoms with E-state index in [1.807, 2.05) is 79.3 Å². The number of nitrogens with one attached hydrogen (secondary N) is 2. The van der Waals surface area contributed by atoms with Crippen molar-refractivity contribution in [1.82, 2.24) is 19.5 Å². The smallest absolute Gasteiger partial charge is 0.349 e. The number of pyridine rings is 2. The number of hydrogen-bond donors (Lipinski definition) is 3. The average Bonchev–Trinajstić information content (AvgIpc) is 3.69. The largest absolute Gasteiger partial charge is 0.477 e. The van der Waals surface area contributed by atoms with Crippen molar-refractivity contribution in [3.8, 4) is 39.7 Å². The van der Waals surface area contributed by atoms with Gasteiger partial charge in [0.05, 0.1) is 11.4 Å². The number of nitrogens with zero attached hydrogens (tertiary/aromatic N) is 2. The monoisotopic (exact) mass is 654 g/mol. The van der Waals surface area contributed by atoms with Crippen LogP contribution in [0.5, 0.6) is 5.75 Å². The lowest BCUT2D eigenvalue weighted by Crippen LogP contribution is -2.27. The summed E-state index contributed by atoms with van der Waals surface area (Å²) < 4.78 is 13.6. The summed E-state index contributed by atoms with van der Waals surface area (Å²) in [5, 5.41) is 10.8. The Kier molecular flexibility index (Phi) is 7.79. The maximum atomic E-state index is 13.7. The Morgan fingerprint density at radius 3 is 2.35 bits per heavy atom. The Morgan fingerprint density at radius 2 is 1.61 bits per heavy atom. The first-order valence-corrected chi connectivity index (χ1v) is 15.7. The molecule has 0 aliphatic carbocycles. The van der Waals surface area contributed by atoms with Crippen LogP contribution in [0.4, 0.5) is 0 Å². The molecular formula is C38H30N4O7. The number of esters is 1. The number of carboxylic acids is 1. The van der Waals surface area contributed by atoms with Crippen molar-refractivity contribution in [3.05, 3.63) is 128 Å². The molecule has 4 heterocycles. The van der Waals surface area contributed by atoms with Crippen molar-refractivity contribution in [2.45, 2.75) is 26.7 Å². The number of benzene rings is 3. The van der Waals surface area contributed by atoms with Gasteiger partial charge in [-0.25, -0.2) is 14.6 Å². The second-order valence-corrected chi connectivity index (χ2v) is 11.6. The van der Waals surface area contributed by atoms with Gasteiger partial charge >= 0.3 is 11.9 Å². The number of ether oxygens (including phenoxy) is 1. The molecule has 0 spiro atoms. The van der Waals surface area contributed by atoms with Crippen LogP contribution in [-0.2, 0) is 19.9 Å². The number of para-hydroxylation sites is 1. The number of oxazole rings is 1. The summed E-state index contributed by atoms with van der Waals surface area (Å²) in [5.41, 5.74) is 3.17. The predicted molar refractivity (Wildman–Crippen MR) is 185 cm³/mol. The second-order valence-electron chi connectivity index (χ2n) is 11.6. The Morgan fingerprint density at radius 1 is 0.878 bits per heavy atom. The standard InChI is InChI=1S/C38H30N4O7/c1-4-20-17-25(34(43)40-31(20)22-15-16-27-29(18-22)48-36(39-27)21-11-7-6-8-12-21)38(47)49-33-23(5-2)32(41-35(44)30(33)37(45)46)26-19-42(3)28-14-10-9-13-24(26)28/h6-19H,4-5H2,1-3H3,(H,40,43)(H,41,44)(H,45,46). The number of carbonyl (C=O) groups is 2. The number of carboxylic acid groups (broad SMARTS) is 1.